The van der Waals surface area contributed by atoms with Gasteiger partial charge in [0.2, 0.25) is 5.91 Å². The van der Waals surface area contributed by atoms with Crippen LogP contribution in [0.1, 0.15) is 18.4 Å². The van der Waals surface area contributed by atoms with Gasteiger partial charge < -0.3 is 4.90 Å². The van der Waals surface area contributed by atoms with Gasteiger partial charge >= 0.3 is 0 Å². The van der Waals surface area contributed by atoms with Gasteiger partial charge in [-0.2, -0.15) is 0 Å². The first kappa shape index (κ1) is 11.8. The number of rotatable bonds is 2. The second-order valence-corrected chi connectivity index (χ2v) is 4.22. The molecule has 1 saturated heterocycles. The summed E-state index contributed by atoms with van der Waals surface area (Å²) in [5, 5.41) is 0. The van der Waals surface area contributed by atoms with Gasteiger partial charge in [0.25, 0.3) is 0 Å². The third kappa shape index (κ3) is 3.12. The molecule has 90 valence electrons. The molecule has 0 spiro atoms. The van der Waals surface area contributed by atoms with E-state index in [4.69, 9.17) is 0 Å². The van der Waals surface area contributed by atoms with Crippen LogP contribution < -0.4 is 0 Å². The van der Waals surface area contributed by atoms with Gasteiger partial charge in [-0.05, 0) is 17.7 Å². The van der Waals surface area contributed by atoms with Crippen molar-refractivity contribution in [2.45, 2.75) is 19.3 Å². The number of ketones is 1. The number of carbonyl (C=O) groups is 2. The van der Waals surface area contributed by atoms with Crippen LogP contribution in [0.2, 0.25) is 0 Å². The summed E-state index contributed by atoms with van der Waals surface area (Å²) in [6.07, 6.45) is 1.18. The first-order chi connectivity index (χ1) is 8.15. The molecule has 0 bridgehead atoms. The summed E-state index contributed by atoms with van der Waals surface area (Å²) in [5.41, 5.74) is 0.799. The van der Waals surface area contributed by atoms with Gasteiger partial charge in [0.1, 0.15) is 11.6 Å². The van der Waals surface area contributed by atoms with E-state index in [1.54, 1.807) is 17.0 Å². The zero-order valence-electron chi connectivity index (χ0n) is 9.49. The lowest BCUT2D eigenvalue weighted by molar-refractivity contribution is -0.133. The molecular weight excluding hydrogens is 221 g/mol. The van der Waals surface area contributed by atoms with Crippen molar-refractivity contribution in [3.8, 4) is 0 Å². The standard InChI is InChI=1S/C13H14FNO2/c14-11-3-1-10(2-4-11)9-13(17)15-7-5-12(16)6-8-15/h1-4H,5-9H2. The van der Waals surface area contributed by atoms with Gasteiger partial charge in [0, 0.05) is 25.9 Å². The average Bonchev–Trinajstić information content (AvgIpc) is 2.33. The largest absolute Gasteiger partial charge is 0.342 e. The highest BCUT2D eigenvalue weighted by Crippen LogP contribution is 2.10. The van der Waals surface area contributed by atoms with E-state index in [2.05, 4.69) is 0 Å². The number of hydrogen-bond donors (Lipinski definition) is 0. The summed E-state index contributed by atoms with van der Waals surface area (Å²) in [6, 6.07) is 5.93. The van der Waals surface area contributed by atoms with Crippen LogP contribution in [0.5, 0.6) is 0 Å². The van der Waals surface area contributed by atoms with Crippen LogP contribution in [0.15, 0.2) is 24.3 Å². The highest BCUT2D eigenvalue weighted by atomic mass is 19.1. The van der Waals surface area contributed by atoms with E-state index in [0.717, 1.165) is 5.56 Å². The van der Waals surface area contributed by atoms with Gasteiger partial charge in [-0.1, -0.05) is 12.1 Å². The maximum absolute atomic E-state index is 12.7. The molecule has 1 aromatic carbocycles. The Labute approximate surface area is 99.2 Å². The maximum atomic E-state index is 12.7. The second kappa shape index (κ2) is 5.08. The maximum Gasteiger partial charge on any atom is 0.227 e. The summed E-state index contributed by atoms with van der Waals surface area (Å²) in [5.74, 6) is -0.0790. The van der Waals surface area contributed by atoms with E-state index in [0.29, 0.717) is 25.9 Å². The Morgan fingerprint density at radius 2 is 1.76 bits per heavy atom. The molecule has 17 heavy (non-hydrogen) atoms. The predicted molar refractivity (Wildman–Crippen MR) is 60.9 cm³/mol. The summed E-state index contributed by atoms with van der Waals surface area (Å²) in [6.45, 7) is 1.03. The predicted octanol–water partition coefficient (Wildman–Crippen LogP) is 1.56. The van der Waals surface area contributed by atoms with E-state index < -0.39 is 0 Å². The minimum atomic E-state index is -0.301. The molecule has 1 heterocycles. The minimum absolute atomic E-state index is 0.00380. The monoisotopic (exact) mass is 235 g/mol. The van der Waals surface area contributed by atoms with Crippen LogP contribution in [-0.2, 0) is 16.0 Å². The zero-order chi connectivity index (χ0) is 12.3. The van der Waals surface area contributed by atoms with Gasteiger partial charge in [-0.15, -0.1) is 0 Å². The fourth-order valence-corrected chi connectivity index (χ4v) is 1.89. The lowest BCUT2D eigenvalue weighted by atomic mass is 10.1. The van der Waals surface area contributed by atoms with E-state index in [1.807, 2.05) is 0 Å². The molecule has 1 amide bonds. The third-order valence-electron chi connectivity index (χ3n) is 2.94. The summed E-state index contributed by atoms with van der Waals surface area (Å²) < 4.78 is 12.7. The Morgan fingerprint density at radius 3 is 2.35 bits per heavy atom. The normalized spacial score (nSPS) is 16.1. The SMILES string of the molecule is O=C1CCN(C(=O)Cc2ccc(F)cc2)CC1. The minimum Gasteiger partial charge on any atom is -0.342 e. The molecular formula is C13H14FNO2. The highest BCUT2D eigenvalue weighted by Gasteiger charge is 2.20. The van der Waals surface area contributed by atoms with Crippen molar-refractivity contribution in [2.75, 3.05) is 13.1 Å². The fourth-order valence-electron chi connectivity index (χ4n) is 1.89. The van der Waals surface area contributed by atoms with Crippen LogP contribution in [-0.4, -0.2) is 29.7 Å². The molecule has 0 aromatic heterocycles. The van der Waals surface area contributed by atoms with Crippen LogP contribution in [0.4, 0.5) is 4.39 Å². The van der Waals surface area contributed by atoms with E-state index in [1.165, 1.54) is 12.1 Å². The Balaban J connectivity index is 1.92. The number of carbonyl (C=O) groups excluding carboxylic acids is 2. The molecule has 0 unspecified atom stereocenters. The number of nitrogens with zero attached hydrogens (tertiary/aromatic N) is 1. The lowest BCUT2D eigenvalue weighted by Gasteiger charge is -2.26. The Kier molecular flexibility index (Phi) is 3.52. The number of amides is 1. The van der Waals surface area contributed by atoms with Gasteiger partial charge in [0.05, 0.1) is 6.42 Å². The number of Topliss-reactive ketones (excluding diaryl/α,β-unsaturated/α-hetero) is 1. The molecule has 3 nitrogen and oxygen atoms in total. The molecule has 1 aliphatic heterocycles. The molecule has 0 aliphatic carbocycles. The second-order valence-electron chi connectivity index (χ2n) is 4.22. The van der Waals surface area contributed by atoms with Crippen molar-refractivity contribution in [1.29, 1.82) is 0 Å². The molecule has 1 aliphatic rings. The van der Waals surface area contributed by atoms with Gasteiger partial charge in [-0.3, -0.25) is 9.59 Å². The number of piperidine rings is 1. The van der Waals surface area contributed by atoms with Gasteiger partial charge in [-0.25, -0.2) is 4.39 Å². The number of halogens is 1. The smallest absolute Gasteiger partial charge is 0.227 e. The summed E-state index contributed by atoms with van der Waals surface area (Å²) in [4.78, 5) is 24.6. The topological polar surface area (TPSA) is 37.4 Å². The van der Waals surface area contributed by atoms with Crippen LogP contribution in [0.25, 0.3) is 0 Å². The molecule has 0 N–H and O–H groups in total. The Morgan fingerprint density at radius 1 is 1.18 bits per heavy atom. The van der Waals surface area contributed by atoms with Crippen molar-refractivity contribution in [3.05, 3.63) is 35.6 Å². The molecule has 2 rings (SSSR count). The van der Waals surface area contributed by atoms with Crippen molar-refractivity contribution in [2.24, 2.45) is 0 Å². The number of likely N-dealkylation sites (tertiary alicyclic amines) is 1. The Hall–Kier alpha value is -1.71. The van der Waals surface area contributed by atoms with Crippen molar-refractivity contribution in [3.63, 3.8) is 0 Å². The zero-order valence-corrected chi connectivity index (χ0v) is 9.49. The van der Waals surface area contributed by atoms with Crippen LogP contribution >= 0.6 is 0 Å². The first-order valence-electron chi connectivity index (χ1n) is 5.69. The van der Waals surface area contributed by atoms with E-state index >= 15 is 0 Å². The van der Waals surface area contributed by atoms with E-state index in [-0.39, 0.29) is 23.9 Å². The Bertz CT molecular complexity index is 418. The molecule has 1 aromatic rings. The quantitative estimate of drug-likeness (QED) is 0.780. The van der Waals surface area contributed by atoms with Crippen LogP contribution in [0.3, 0.4) is 0 Å². The van der Waals surface area contributed by atoms with Gasteiger partial charge in [0.15, 0.2) is 0 Å². The molecule has 0 radical (unpaired) electrons. The fraction of sp³-hybridized carbons (Fsp3) is 0.385. The summed E-state index contributed by atoms with van der Waals surface area (Å²) in [7, 11) is 0. The van der Waals surface area contributed by atoms with Crippen molar-refractivity contribution < 1.29 is 14.0 Å². The molecule has 0 saturated carbocycles. The third-order valence-corrected chi connectivity index (χ3v) is 2.94. The highest BCUT2D eigenvalue weighted by molar-refractivity contribution is 5.84. The van der Waals surface area contributed by atoms with Crippen molar-refractivity contribution >= 4 is 11.7 Å². The lowest BCUT2D eigenvalue weighted by Crippen LogP contribution is -2.39. The molecule has 1 fully saturated rings. The molecule has 0 atom stereocenters. The average molecular weight is 235 g/mol. The van der Waals surface area contributed by atoms with E-state index in [9.17, 15) is 14.0 Å². The summed E-state index contributed by atoms with van der Waals surface area (Å²) >= 11 is 0. The molecule has 4 heteroatoms. The number of hydrogen-bond acceptors (Lipinski definition) is 2. The van der Waals surface area contributed by atoms with Crippen molar-refractivity contribution in [1.82, 2.24) is 4.90 Å². The number of benzene rings is 1. The first-order valence-corrected chi connectivity index (χ1v) is 5.69. The van der Waals surface area contributed by atoms with Crippen LogP contribution in [0, 0.1) is 5.82 Å².